The minimum Gasteiger partial charge on any atom is -0.467 e. The van der Waals surface area contributed by atoms with E-state index < -0.39 is 11.9 Å². The molecule has 0 saturated carbocycles. The summed E-state index contributed by atoms with van der Waals surface area (Å²) in [6.07, 6.45) is 0.305. The lowest BCUT2D eigenvalue weighted by atomic mass is 10.2. The number of pyridine rings is 1. The van der Waals surface area contributed by atoms with Crippen LogP contribution >= 0.6 is 11.8 Å². The van der Waals surface area contributed by atoms with Gasteiger partial charge in [-0.15, -0.1) is 20.4 Å². The second-order valence-corrected chi connectivity index (χ2v) is 6.56. The maximum Gasteiger partial charge on any atom is 0.435 e. The zero-order chi connectivity index (χ0) is 19.6. The van der Waals surface area contributed by atoms with E-state index in [2.05, 4.69) is 25.4 Å². The van der Waals surface area contributed by atoms with Crippen molar-refractivity contribution in [2.75, 3.05) is 0 Å². The number of hydrogen-bond acceptors (Lipinski definition) is 7. The van der Waals surface area contributed by atoms with Gasteiger partial charge < -0.3 is 4.42 Å². The third-order valence-corrected chi connectivity index (χ3v) is 4.57. The second-order valence-electron chi connectivity index (χ2n) is 5.57. The van der Waals surface area contributed by atoms with E-state index in [1.807, 2.05) is 6.07 Å². The molecule has 4 rings (SSSR count). The van der Waals surface area contributed by atoms with Gasteiger partial charge in [-0.3, -0.25) is 9.55 Å². The predicted octanol–water partition coefficient (Wildman–Crippen LogP) is 3.94. The number of aromatic nitrogens is 6. The Morgan fingerprint density at radius 1 is 1.00 bits per heavy atom. The topological polar surface area (TPSA) is 82.5 Å². The molecule has 0 atom stereocenters. The summed E-state index contributed by atoms with van der Waals surface area (Å²) < 4.78 is 45.2. The standard InChI is InChI=1S/C17H11F3N6OS/c18-17(19,20)13-5-6-14(23-22-13)28-16-25-24-15(11-3-1-7-21-9-11)26(16)10-12-4-2-8-27-12/h1-9H,10H2. The fourth-order valence-electron chi connectivity index (χ4n) is 2.39. The first kappa shape index (κ1) is 18.2. The highest BCUT2D eigenvalue weighted by molar-refractivity contribution is 7.99. The third kappa shape index (κ3) is 3.88. The minimum atomic E-state index is -4.54. The van der Waals surface area contributed by atoms with Gasteiger partial charge in [-0.25, -0.2) is 0 Å². The van der Waals surface area contributed by atoms with Crippen molar-refractivity contribution in [1.29, 1.82) is 0 Å². The molecule has 0 radical (unpaired) electrons. The second kappa shape index (κ2) is 7.43. The van der Waals surface area contributed by atoms with Crippen LogP contribution in [0.3, 0.4) is 0 Å². The molecule has 4 aromatic rings. The van der Waals surface area contributed by atoms with E-state index in [9.17, 15) is 13.2 Å². The molecule has 11 heteroatoms. The summed E-state index contributed by atoms with van der Waals surface area (Å²) in [7, 11) is 0. The van der Waals surface area contributed by atoms with Gasteiger partial charge in [-0.1, -0.05) is 0 Å². The molecule has 0 aliphatic carbocycles. The number of nitrogens with zero attached hydrogens (tertiary/aromatic N) is 6. The first-order valence-corrected chi connectivity index (χ1v) is 8.77. The molecule has 0 amide bonds. The average Bonchev–Trinajstić information content (AvgIpc) is 3.33. The molecule has 0 saturated heterocycles. The molecule has 0 spiro atoms. The van der Waals surface area contributed by atoms with Crippen LogP contribution < -0.4 is 0 Å². The van der Waals surface area contributed by atoms with Gasteiger partial charge in [-0.2, -0.15) is 13.2 Å². The van der Waals surface area contributed by atoms with Crippen molar-refractivity contribution in [2.45, 2.75) is 22.9 Å². The van der Waals surface area contributed by atoms with Gasteiger partial charge in [0.15, 0.2) is 16.7 Å². The average molecular weight is 404 g/mol. The summed E-state index contributed by atoms with van der Waals surface area (Å²) in [5, 5.41) is 15.9. The number of rotatable bonds is 5. The van der Waals surface area contributed by atoms with E-state index in [0.717, 1.165) is 23.4 Å². The summed E-state index contributed by atoms with van der Waals surface area (Å²) in [6, 6.07) is 9.30. The van der Waals surface area contributed by atoms with Crippen molar-refractivity contribution in [3.05, 3.63) is 66.5 Å². The van der Waals surface area contributed by atoms with Gasteiger partial charge in [0.25, 0.3) is 0 Å². The van der Waals surface area contributed by atoms with E-state index in [4.69, 9.17) is 4.42 Å². The van der Waals surface area contributed by atoms with Crippen molar-refractivity contribution in [3.8, 4) is 11.4 Å². The van der Waals surface area contributed by atoms with Gasteiger partial charge in [0.1, 0.15) is 10.8 Å². The minimum absolute atomic E-state index is 0.263. The SMILES string of the molecule is FC(F)(F)c1ccc(Sc2nnc(-c3cccnc3)n2Cc2ccco2)nn1. The van der Waals surface area contributed by atoms with Crippen molar-refractivity contribution in [2.24, 2.45) is 0 Å². The lowest BCUT2D eigenvalue weighted by molar-refractivity contribution is -0.141. The first-order valence-electron chi connectivity index (χ1n) is 7.95. The molecule has 4 heterocycles. The van der Waals surface area contributed by atoms with Gasteiger partial charge in [0.05, 0.1) is 12.8 Å². The van der Waals surface area contributed by atoms with Crippen molar-refractivity contribution >= 4 is 11.8 Å². The van der Waals surface area contributed by atoms with Gasteiger partial charge in [0, 0.05) is 18.0 Å². The molecular weight excluding hydrogens is 393 g/mol. The summed E-state index contributed by atoms with van der Waals surface area (Å²) in [6.45, 7) is 0.334. The normalized spacial score (nSPS) is 11.7. The summed E-state index contributed by atoms with van der Waals surface area (Å²) >= 11 is 1.06. The smallest absolute Gasteiger partial charge is 0.435 e. The Morgan fingerprint density at radius 3 is 2.54 bits per heavy atom. The van der Waals surface area contributed by atoms with Crippen LogP contribution in [0.2, 0.25) is 0 Å². The summed E-state index contributed by atoms with van der Waals surface area (Å²) in [4.78, 5) is 4.08. The Hall–Kier alpha value is -3.21. The lowest BCUT2D eigenvalue weighted by Gasteiger charge is -2.08. The zero-order valence-corrected chi connectivity index (χ0v) is 14.9. The highest BCUT2D eigenvalue weighted by atomic mass is 32.2. The summed E-state index contributed by atoms with van der Waals surface area (Å²) in [5.74, 6) is 1.22. The quantitative estimate of drug-likeness (QED) is 0.498. The third-order valence-electron chi connectivity index (χ3n) is 3.66. The molecule has 28 heavy (non-hydrogen) atoms. The highest BCUT2D eigenvalue weighted by Crippen LogP contribution is 2.31. The van der Waals surface area contributed by atoms with Crippen LogP contribution in [-0.2, 0) is 12.7 Å². The van der Waals surface area contributed by atoms with Crippen molar-refractivity contribution in [1.82, 2.24) is 29.9 Å². The van der Waals surface area contributed by atoms with E-state index in [1.54, 1.807) is 41.4 Å². The predicted molar refractivity (Wildman–Crippen MR) is 92.2 cm³/mol. The maximum absolute atomic E-state index is 12.7. The van der Waals surface area contributed by atoms with Crippen molar-refractivity contribution in [3.63, 3.8) is 0 Å². The van der Waals surface area contributed by atoms with Gasteiger partial charge >= 0.3 is 6.18 Å². The number of halogens is 3. The molecule has 0 aliphatic rings. The Bertz CT molecular complexity index is 1050. The fraction of sp³-hybridized carbons (Fsp3) is 0.118. The number of alkyl halides is 3. The highest BCUT2D eigenvalue weighted by Gasteiger charge is 2.33. The molecule has 0 aromatic carbocycles. The lowest BCUT2D eigenvalue weighted by Crippen LogP contribution is -2.09. The first-order chi connectivity index (χ1) is 13.5. The van der Waals surface area contributed by atoms with Crippen LogP contribution in [0.25, 0.3) is 11.4 Å². The Morgan fingerprint density at radius 2 is 1.89 bits per heavy atom. The Kier molecular flexibility index (Phi) is 4.82. The van der Waals surface area contributed by atoms with E-state index in [0.29, 0.717) is 23.3 Å². The Labute approximate surface area is 160 Å². The molecule has 0 bridgehead atoms. The van der Waals surface area contributed by atoms with Crippen LogP contribution in [0.15, 0.2) is 69.7 Å². The Balaban J connectivity index is 1.67. The maximum atomic E-state index is 12.7. The van der Waals surface area contributed by atoms with E-state index >= 15 is 0 Å². The molecule has 142 valence electrons. The van der Waals surface area contributed by atoms with Crippen LogP contribution in [0, 0.1) is 0 Å². The van der Waals surface area contributed by atoms with Crippen molar-refractivity contribution < 1.29 is 17.6 Å². The molecule has 4 aromatic heterocycles. The largest absolute Gasteiger partial charge is 0.467 e. The number of furan rings is 1. The molecule has 0 aliphatic heterocycles. The molecule has 0 unspecified atom stereocenters. The zero-order valence-electron chi connectivity index (χ0n) is 14.0. The van der Waals surface area contributed by atoms with Crippen LogP contribution in [0.4, 0.5) is 13.2 Å². The van der Waals surface area contributed by atoms with Crippen LogP contribution in [-0.4, -0.2) is 29.9 Å². The van der Waals surface area contributed by atoms with Crippen LogP contribution in [0.5, 0.6) is 0 Å². The van der Waals surface area contributed by atoms with E-state index in [-0.39, 0.29) is 5.03 Å². The van der Waals surface area contributed by atoms with Gasteiger partial charge in [0.2, 0.25) is 0 Å². The summed E-state index contributed by atoms with van der Waals surface area (Å²) in [5.41, 5.74) is -0.308. The fourth-order valence-corrected chi connectivity index (χ4v) is 3.14. The number of hydrogen-bond donors (Lipinski definition) is 0. The molecule has 0 fully saturated rings. The van der Waals surface area contributed by atoms with Crippen LogP contribution in [0.1, 0.15) is 11.5 Å². The van der Waals surface area contributed by atoms with Gasteiger partial charge in [-0.05, 0) is 48.2 Å². The molecular formula is C17H11F3N6OS. The monoisotopic (exact) mass is 404 g/mol. The molecule has 7 nitrogen and oxygen atoms in total. The molecule has 0 N–H and O–H groups in total. The van der Waals surface area contributed by atoms with E-state index in [1.165, 1.54) is 6.07 Å².